The van der Waals surface area contributed by atoms with E-state index in [0.717, 1.165) is 5.56 Å². The Morgan fingerprint density at radius 3 is 2.61 bits per heavy atom. The van der Waals surface area contributed by atoms with Gasteiger partial charge < -0.3 is 4.74 Å². The number of halogens is 1. The number of benzene rings is 1. The second-order valence-corrected chi connectivity index (χ2v) is 6.35. The molecule has 0 radical (unpaired) electrons. The molecule has 1 rings (SSSR count). The first-order chi connectivity index (χ1) is 8.51. The van der Waals surface area contributed by atoms with Gasteiger partial charge in [0.25, 0.3) is 0 Å². The predicted octanol–water partition coefficient (Wildman–Crippen LogP) is 2.07. The molecule has 18 heavy (non-hydrogen) atoms. The molecule has 1 atom stereocenters. The number of nitrogens with one attached hydrogen (secondary N) is 1. The summed E-state index contributed by atoms with van der Waals surface area (Å²) in [6, 6.07) is 6.77. The van der Waals surface area contributed by atoms with Crippen molar-refractivity contribution in [3.63, 3.8) is 0 Å². The van der Waals surface area contributed by atoms with Crippen LogP contribution in [-0.4, -0.2) is 33.5 Å². The van der Waals surface area contributed by atoms with Gasteiger partial charge in [0.2, 0.25) is 10.0 Å². The second-order valence-electron chi connectivity index (χ2n) is 4.02. The lowest BCUT2D eigenvalue weighted by atomic mass is 10.2. The molecule has 0 aromatic heterocycles. The quantitative estimate of drug-likeness (QED) is 0.776. The van der Waals surface area contributed by atoms with E-state index in [1.807, 2.05) is 6.07 Å². The van der Waals surface area contributed by atoms with Crippen LogP contribution >= 0.6 is 15.9 Å². The third kappa shape index (κ3) is 4.35. The van der Waals surface area contributed by atoms with E-state index >= 15 is 0 Å². The minimum absolute atomic E-state index is 0.172. The zero-order valence-corrected chi connectivity index (χ0v) is 12.9. The molecule has 1 unspecified atom stereocenters. The van der Waals surface area contributed by atoms with E-state index in [0.29, 0.717) is 23.3 Å². The summed E-state index contributed by atoms with van der Waals surface area (Å²) in [6.07, 6.45) is 0.632. The first-order valence-electron chi connectivity index (χ1n) is 5.64. The lowest BCUT2D eigenvalue weighted by Crippen LogP contribution is -2.37. The Morgan fingerprint density at radius 1 is 1.39 bits per heavy atom. The molecule has 1 aromatic rings. The van der Waals surface area contributed by atoms with Crippen LogP contribution in [0.5, 0.6) is 0 Å². The Balaban J connectivity index is 2.84. The minimum Gasteiger partial charge on any atom is -0.385 e. The molecule has 0 aliphatic heterocycles. The molecule has 0 aliphatic rings. The molecule has 4 nitrogen and oxygen atoms in total. The van der Waals surface area contributed by atoms with Crippen LogP contribution in [0.1, 0.15) is 12.0 Å². The van der Waals surface area contributed by atoms with Crippen LogP contribution in [-0.2, 0) is 14.8 Å². The molecular weight excluding hydrogens is 318 g/mol. The number of aryl methyl sites for hydroxylation is 1. The molecule has 0 spiro atoms. The summed E-state index contributed by atoms with van der Waals surface area (Å²) in [5, 5.41) is 0.557. The van der Waals surface area contributed by atoms with Gasteiger partial charge in [0.05, 0.1) is 4.90 Å². The SMILES string of the molecule is COCCC(CBr)NS(=O)(=O)c1ccccc1C. The van der Waals surface area contributed by atoms with Crippen molar-refractivity contribution in [3.8, 4) is 0 Å². The Bertz CT molecular complexity index is 476. The molecule has 0 saturated carbocycles. The molecule has 0 bridgehead atoms. The smallest absolute Gasteiger partial charge is 0.241 e. The largest absolute Gasteiger partial charge is 0.385 e. The minimum atomic E-state index is -3.47. The van der Waals surface area contributed by atoms with E-state index in [2.05, 4.69) is 20.7 Å². The number of rotatable bonds is 7. The van der Waals surface area contributed by atoms with Gasteiger partial charge in [-0.25, -0.2) is 13.1 Å². The number of ether oxygens (including phenoxy) is 1. The number of alkyl halides is 1. The summed E-state index contributed by atoms with van der Waals surface area (Å²) >= 11 is 3.31. The van der Waals surface area contributed by atoms with Crippen molar-refractivity contribution in [2.75, 3.05) is 19.0 Å². The summed E-state index contributed by atoms with van der Waals surface area (Å²) in [4.78, 5) is 0.327. The highest BCUT2D eigenvalue weighted by molar-refractivity contribution is 9.09. The van der Waals surface area contributed by atoms with Crippen molar-refractivity contribution in [1.82, 2.24) is 4.72 Å². The van der Waals surface area contributed by atoms with Gasteiger partial charge in [-0.1, -0.05) is 34.1 Å². The molecule has 0 amide bonds. The van der Waals surface area contributed by atoms with Gasteiger partial charge >= 0.3 is 0 Å². The fourth-order valence-corrected chi connectivity index (χ4v) is 3.79. The Kier molecular flexibility index (Phi) is 6.28. The Hall–Kier alpha value is -0.430. The highest BCUT2D eigenvalue weighted by Gasteiger charge is 2.20. The monoisotopic (exact) mass is 335 g/mol. The third-order valence-corrected chi connectivity index (χ3v) is 5.02. The topological polar surface area (TPSA) is 55.4 Å². The molecule has 1 N–H and O–H groups in total. The zero-order chi connectivity index (χ0) is 13.6. The fourth-order valence-electron chi connectivity index (χ4n) is 1.57. The van der Waals surface area contributed by atoms with E-state index < -0.39 is 10.0 Å². The Labute approximate surface area is 117 Å². The molecular formula is C12H18BrNO3S. The van der Waals surface area contributed by atoms with Crippen LogP contribution in [0.25, 0.3) is 0 Å². The maximum absolute atomic E-state index is 12.2. The lowest BCUT2D eigenvalue weighted by Gasteiger charge is -2.16. The van der Waals surface area contributed by atoms with Crippen molar-refractivity contribution in [3.05, 3.63) is 29.8 Å². The van der Waals surface area contributed by atoms with Crippen molar-refractivity contribution in [1.29, 1.82) is 0 Å². The van der Waals surface area contributed by atoms with Gasteiger partial charge in [0.1, 0.15) is 0 Å². The summed E-state index contributed by atoms with van der Waals surface area (Å²) in [7, 11) is -1.87. The third-order valence-electron chi connectivity index (χ3n) is 2.56. The average molecular weight is 336 g/mol. The first kappa shape index (κ1) is 15.6. The fraction of sp³-hybridized carbons (Fsp3) is 0.500. The normalized spacial score (nSPS) is 13.5. The lowest BCUT2D eigenvalue weighted by molar-refractivity contribution is 0.188. The van der Waals surface area contributed by atoms with Gasteiger partial charge in [-0.15, -0.1) is 0 Å². The number of sulfonamides is 1. The van der Waals surface area contributed by atoms with Gasteiger partial charge in [-0.05, 0) is 25.0 Å². The van der Waals surface area contributed by atoms with Crippen LogP contribution < -0.4 is 4.72 Å². The van der Waals surface area contributed by atoms with Crippen molar-refractivity contribution in [2.45, 2.75) is 24.3 Å². The van der Waals surface area contributed by atoms with Crippen LogP contribution in [0.2, 0.25) is 0 Å². The van der Waals surface area contributed by atoms with E-state index in [1.165, 1.54) is 0 Å². The Morgan fingerprint density at radius 2 is 2.06 bits per heavy atom. The molecule has 6 heteroatoms. The highest BCUT2D eigenvalue weighted by atomic mass is 79.9. The number of hydrogen-bond acceptors (Lipinski definition) is 3. The van der Waals surface area contributed by atoms with E-state index in [1.54, 1.807) is 32.2 Å². The molecule has 0 saturated heterocycles. The zero-order valence-electron chi connectivity index (χ0n) is 10.5. The number of methoxy groups -OCH3 is 1. The van der Waals surface area contributed by atoms with Gasteiger partial charge in [-0.3, -0.25) is 0 Å². The molecule has 1 aromatic carbocycles. The molecule has 0 aliphatic carbocycles. The maximum atomic E-state index is 12.2. The van der Waals surface area contributed by atoms with E-state index in [4.69, 9.17) is 4.74 Å². The summed E-state index contributed by atoms with van der Waals surface area (Å²) in [5.74, 6) is 0. The predicted molar refractivity (Wildman–Crippen MR) is 75.6 cm³/mol. The molecule has 102 valence electrons. The molecule has 0 fully saturated rings. The van der Waals surface area contributed by atoms with Gasteiger partial charge in [0, 0.05) is 25.1 Å². The van der Waals surface area contributed by atoms with Crippen molar-refractivity contribution >= 4 is 26.0 Å². The van der Waals surface area contributed by atoms with Crippen LogP contribution in [0.4, 0.5) is 0 Å². The second kappa shape index (κ2) is 7.23. The van der Waals surface area contributed by atoms with Crippen molar-refractivity contribution in [2.24, 2.45) is 0 Å². The van der Waals surface area contributed by atoms with Gasteiger partial charge in [-0.2, -0.15) is 0 Å². The average Bonchev–Trinajstić information content (AvgIpc) is 2.34. The van der Waals surface area contributed by atoms with Crippen molar-refractivity contribution < 1.29 is 13.2 Å². The summed E-state index contributed by atoms with van der Waals surface area (Å²) in [6.45, 7) is 2.30. The molecule has 0 heterocycles. The van der Waals surface area contributed by atoms with Gasteiger partial charge in [0.15, 0.2) is 0 Å². The maximum Gasteiger partial charge on any atom is 0.241 e. The van der Waals surface area contributed by atoms with E-state index in [-0.39, 0.29) is 6.04 Å². The number of hydrogen-bond donors (Lipinski definition) is 1. The summed E-state index contributed by atoms with van der Waals surface area (Å²) in [5.41, 5.74) is 0.741. The first-order valence-corrected chi connectivity index (χ1v) is 8.24. The summed E-state index contributed by atoms with van der Waals surface area (Å²) < 4.78 is 32.1. The van der Waals surface area contributed by atoms with Crippen LogP contribution in [0.3, 0.4) is 0 Å². The van der Waals surface area contributed by atoms with Crippen LogP contribution in [0, 0.1) is 6.92 Å². The highest BCUT2D eigenvalue weighted by Crippen LogP contribution is 2.15. The van der Waals surface area contributed by atoms with E-state index in [9.17, 15) is 8.42 Å². The standard InChI is InChI=1S/C12H18BrNO3S/c1-10-5-3-4-6-12(10)18(15,16)14-11(9-13)7-8-17-2/h3-6,11,14H,7-9H2,1-2H3. The van der Waals surface area contributed by atoms with Crippen LogP contribution in [0.15, 0.2) is 29.2 Å².